The van der Waals surface area contributed by atoms with Crippen LogP contribution in [0.15, 0.2) is 65.8 Å². The van der Waals surface area contributed by atoms with E-state index in [0.717, 1.165) is 23.4 Å². The quantitative estimate of drug-likeness (QED) is 0.550. The number of hydrogen-bond acceptors (Lipinski definition) is 4. The van der Waals surface area contributed by atoms with Crippen molar-refractivity contribution in [3.8, 4) is 5.69 Å². The van der Waals surface area contributed by atoms with Gasteiger partial charge in [0.05, 0.1) is 15.6 Å². The van der Waals surface area contributed by atoms with E-state index in [2.05, 4.69) is 10.4 Å². The number of nitrogens with zero attached hydrogens (tertiary/aromatic N) is 3. The van der Waals surface area contributed by atoms with Crippen molar-refractivity contribution >= 4 is 27.5 Å². The van der Waals surface area contributed by atoms with Crippen LogP contribution in [-0.2, 0) is 21.2 Å². The molecule has 2 aromatic carbocycles. The van der Waals surface area contributed by atoms with E-state index >= 15 is 0 Å². The Balaban J connectivity index is 1.25. The number of carbonyl (C=O) groups is 1. The van der Waals surface area contributed by atoms with Crippen LogP contribution in [0.25, 0.3) is 5.69 Å². The molecule has 0 aliphatic carbocycles. The summed E-state index contributed by atoms with van der Waals surface area (Å²) in [4.78, 5) is 12.5. The molecular weight excluding hydrogens is 467 g/mol. The molecule has 2 heterocycles. The zero-order valence-electron chi connectivity index (χ0n) is 17.8. The molecule has 0 bridgehead atoms. The second kappa shape index (κ2) is 10.0. The lowest BCUT2D eigenvalue weighted by molar-refractivity contribution is -0.126. The predicted molar refractivity (Wildman–Crippen MR) is 123 cm³/mol. The van der Waals surface area contributed by atoms with Gasteiger partial charge in [-0.15, -0.1) is 0 Å². The summed E-state index contributed by atoms with van der Waals surface area (Å²) in [6.07, 6.45) is 5.16. The van der Waals surface area contributed by atoms with Crippen LogP contribution in [0.4, 0.5) is 4.39 Å². The average Bonchev–Trinajstić information content (AvgIpc) is 3.36. The van der Waals surface area contributed by atoms with Gasteiger partial charge in [-0.2, -0.15) is 9.40 Å². The van der Waals surface area contributed by atoms with Crippen molar-refractivity contribution in [2.24, 2.45) is 5.92 Å². The molecule has 0 unspecified atom stereocenters. The van der Waals surface area contributed by atoms with Crippen LogP contribution in [0.3, 0.4) is 0 Å². The Kier molecular flexibility index (Phi) is 7.11. The maximum absolute atomic E-state index is 13.4. The summed E-state index contributed by atoms with van der Waals surface area (Å²) in [7, 11) is -3.78. The first-order valence-corrected chi connectivity index (χ1v) is 12.5. The van der Waals surface area contributed by atoms with E-state index in [4.69, 9.17) is 11.6 Å². The van der Waals surface area contributed by atoms with Gasteiger partial charge in [0.25, 0.3) is 0 Å². The van der Waals surface area contributed by atoms with Gasteiger partial charge in [0.2, 0.25) is 15.9 Å². The highest BCUT2D eigenvalue weighted by atomic mass is 35.5. The summed E-state index contributed by atoms with van der Waals surface area (Å²) in [6.45, 7) is 0.959. The van der Waals surface area contributed by atoms with Crippen LogP contribution in [0.1, 0.15) is 18.4 Å². The van der Waals surface area contributed by atoms with E-state index in [1.807, 2.05) is 36.5 Å². The van der Waals surface area contributed by atoms with E-state index in [1.165, 1.54) is 10.4 Å². The second-order valence-corrected chi connectivity index (χ2v) is 10.3. The number of amides is 1. The number of rotatable bonds is 7. The summed E-state index contributed by atoms with van der Waals surface area (Å²) in [5.41, 5.74) is 2.07. The molecule has 10 heteroatoms. The molecule has 0 atom stereocenters. The second-order valence-electron chi connectivity index (χ2n) is 7.91. The van der Waals surface area contributed by atoms with E-state index in [1.54, 1.807) is 10.9 Å². The van der Waals surface area contributed by atoms with Crippen molar-refractivity contribution in [3.63, 3.8) is 0 Å². The van der Waals surface area contributed by atoms with Crippen molar-refractivity contribution in [2.75, 3.05) is 19.6 Å². The number of aromatic nitrogens is 2. The summed E-state index contributed by atoms with van der Waals surface area (Å²) < 4.78 is 42.1. The molecule has 1 N–H and O–H groups in total. The Morgan fingerprint density at radius 2 is 1.88 bits per heavy atom. The zero-order valence-corrected chi connectivity index (χ0v) is 19.4. The highest BCUT2D eigenvalue weighted by Crippen LogP contribution is 2.26. The molecule has 0 radical (unpaired) electrons. The molecule has 1 fully saturated rings. The fourth-order valence-electron chi connectivity index (χ4n) is 3.86. The predicted octanol–water partition coefficient (Wildman–Crippen LogP) is 3.42. The van der Waals surface area contributed by atoms with E-state index in [0.29, 0.717) is 25.8 Å². The number of halogens is 2. The molecule has 1 aromatic heterocycles. The summed E-state index contributed by atoms with van der Waals surface area (Å²) in [6, 6.07) is 13.2. The van der Waals surface area contributed by atoms with Crippen molar-refractivity contribution in [1.82, 2.24) is 19.4 Å². The van der Waals surface area contributed by atoms with Gasteiger partial charge < -0.3 is 5.32 Å². The Hall–Kier alpha value is -2.75. The third-order valence-electron chi connectivity index (χ3n) is 5.77. The van der Waals surface area contributed by atoms with Crippen LogP contribution in [0.5, 0.6) is 0 Å². The van der Waals surface area contributed by atoms with E-state index in [-0.39, 0.29) is 34.8 Å². The fraction of sp³-hybridized carbons (Fsp3) is 0.304. The van der Waals surface area contributed by atoms with Crippen LogP contribution < -0.4 is 5.32 Å². The van der Waals surface area contributed by atoms with Gasteiger partial charge >= 0.3 is 0 Å². The summed E-state index contributed by atoms with van der Waals surface area (Å²) in [5.74, 6) is -0.972. The molecule has 33 heavy (non-hydrogen) atoms. The minimum absolute atomic E-state index is 0.0459. The number of benzene rings is 2. The molecule has 1 amide bonds. The van der Waals surface area contributed by atoms with Crippen LogP contribution in [0, 0.1) is 11.7 Å². The number of carbonyl (C=O) groups excluding carboxylic acids is 1. The molecule has 3 aromatic rings. The number of sulfonamides is 1. The molecule has 0 saturated carbocycles. The minimum atomic E-state index is -3.78. The molecule has 1 saturated heterocycles. The smallest absolute Gasteiger partial charge is 0.243 e. The number of nitrogens with one attached hydrogen (secondary N) is 1. The van der Waals surface area contributed by atoms with Gasteiger partial charge in [-0.25, -0.2) is 17.5 Å². The van der Waals surface area contributed by atoms with Gasteiger partial charge in [-0.05, 0) is 61.2 Å². The van der Waals surface area contributed by atoms with Crippen LogP contribution in [0.2, 0.25) is 5.02 Å². The van der Waals surface area contributed by atoms with Crippen molar-refractivity contribution in [3.05, 3.63) is 77.3 Å². The topological polar surface area (TPSA) is 84.3 Å². The third kappa shape index (κ3) is 5.43. The molecule has 1 aliphatic rings. The van der Waals surface area contributed by atoms with Gasteiger partial charge in [0.15, 0.2) is 0 Å². The van der Waals surface area contributed by atoms with Gasteiger partial charge in [-0.1, -0.05) is 23.7 Å². The minimum Gasteiger partial charge on any atom is -0.356 e. The lowest BCUT2D eigenvalue weighted by atomic mass is 9.97. The maximum atomic E-state index is 13.4. The molecule has 4 rings (SSSR count). The normalized spacial score (nSPS) is 15.5. The Bertz CT molecular complexity index is 1210. The Morgan fingerprint density at radius 1 is 1.15 bits per heavy atom. The Labute approximate surface area is 197 Å². The van der Waals surface area contributed by atoms with E-state index in [9.17, 15) is 17.6 Å². The maximum Gasteiger partial charge on any atom is 0.243 e. The molecule has 1 aliphatic heterocycles. The van der Waals surface area contributed by atoms with Gasteiger partial charge in [0.1, 0.15) is 5.82 Å². The van der Waals surface area contributed by atoms with E-state index < -0.39 is 15.8 Å². The first kappa shape index (κ1) is 23.4. The highest BCUT2D eigenvalue weighted by Gasteiger charge is 2.32. The number of piperidine rings is 1. The third-order valence-corrected chi connectivity index (χ3v) is 7.96. The summed E-state index contributed by atoms with van der Waals surface area (Å²) >= 11 is 5.73. The van der Waals surface area contributed by atoms with Crippen molar-refractivity contribution in [1.29, 1.82) is 0 Å². The lowest BCUT2D eigenvalue weighted by Crippen LogP contribution is -2.43. The SMILES string of the molecule is O=C(NCCc1ccc(-n2cccn2)cc1)C1CCN(S(=O)(=O)c2ccc(F)c(Cl)c2)CC1. The average molecular weight is 491 g/mol. The van der Waals surface area contributed by atoms with Gasteiger partial charge in [0, 0.05) is 37.9 Å². The van der Waals surface area contributed by atoms with Crippen LogP contribution in [-0.4, -0.2) is 48.0 Å². The summed E-state index contributed by atoms with van der Waals surface area (Å²) in [5, 5.41) is 6.92. The molecule has 174 valence electrons. The lowest BCUT2D eigenvalue weighted by Gasteiger charge is -2.30. The van der Waals surface area contributed by atoms with Gasteiger partial charge in [-0.3, -0.25) is 4.79 Å². The largest absolute Gasteiger partial charge is 0.356 e. The highest BCUT2D eigenvalue weighted by molar-refractivity contribution is 7.89. The molecule has 0 spiro atoms. The molecular formula is C23H24ClFN4O3S. The molecule has 7 nitrogen and oxygen atoms in total. The fourth-order valence-corrected chi connectivity index (χ4v) is 5.60. The zero-order chi connectivity index (χ0) is 23.4. The standard InChI is InChI=1S/C23H24ClFN4O3S/c24-21-16-20(6-7-22(21)25)33(31,32)28-14-9-18(10-15-28)23(30)26-12-8-17-2-4-19(5-3-17)29-13-1-11-27-29/h1-7,11,13,16,18H,8-10,12,14-15H2,(H,26,30). The monoisotopic (exact) mass is 490 g/mol. The van der Waals surface area contributed by atoms with Crippen molar-refractivity contribution < 1.29 is 17.6 Å². The van der Waals surface area contributed by atoms with Crippen LogP contribution >= 0.6 is 11.6 Å². The first-order valence-electron chi connectivity index (χ1n) is 10.7. The first-order chi connectivity index (χ1) is 15.8. The van der Waals surface area contributed by atoms with Crippen molar-refractivity contribution in [2.45, 2.75) is 24.2 Å². The number of hydrogen-bond donors (Lipinski definition) is 1. The Morgan fingerprint density at radius 3 is 2.52 bits per heavy atom.